The van der Waals surface area contributed by atoms with Crippen molar-refractivity contribution in [1.29, 1.82) is 0 Å². The number of methoxy groups -OCH3 is 1. The summed E-state index contributed by atoms with van der Waals surface area (Å²) in [4.78, 5) is 25.9. The van der Waals surface area contributed by atoms with Crippen LogP contribution in [0.4, 0.5) is 0 Å². The smallest absolute Gasteiger partial charge is 0.270 e. The Morgan fingerprint density at radius 3 is 2.81 bits per heavy atom. The third-order valence-corrected chi connectivity index (χ3v) is 5.76. The minimum atomic E-state index is -0.280. The summed E-state index contributed by atoms with van der Waals surface area (Å²) in [6.07, 6.45) is 6.07. The van der Waals surface area contributed by atoms with Gasteiger partial charge in [0.1, 0.15) is 29.3 Å². The number of carbonyl (C=O) groups excluding carboxylic acids is 1. The maximum absolute atomic E-state index is 12.7. The van der Waals surface area contributed by atoms with Crippen molar-refractivity contribution in [2.24, 2.45) is 11.7 Å². The Morgan fingerprint density at radius 1 is 1.22 bits per heavy atom. The molecule has 0 saturated heterocycles. The number of amides is 1. The fourth-order valence-electron chi connectivity index (χ4n) is 3.99. The Labute approximate surface area is 187 Å². The summed E-state index contributed by atoms with van der Waals surface area (Å²) in [5.74, 6) is 2.01. The van der Waals surface area contributed by atoms with Crippen LogP contribution in [0.1, 0.15) is 47.6 Å². The molecule has 0 atom stereocenters. The predicted octanol–water partition coefficient (Wildman–Crippen LogP) is 2.50. The van der Waals surface area contributed by atoms with E-state index in [0.717, 1.165) is 43.5 Å². The van der Waals surface area contributed by atoms with E-state index >= 15 is 0 Å². The summed E-state index contributed by atoms with van der Waals surface area (Å²) in [6.45, 7) is 2.94. The minimum Gasteiger partial charge on any atom is -0.497 e. The van der Waals surface area contributed by atoms with Crippen molar-refractivity contribution in [2.45, 2.75) is 51.7 Å². The van der Waals surface area contributed by atoms with Crippen molar-refractivity contribution in [1.82, 2.24) is 30.0 Å². The summed E-state index contributed by atoms with van der Waals surface area (Å²) in [6, 6.07) is 9.52. The Kier molecular flexibility index (Phi) is 6.75. The number of ether oxygens (including phenoxy) is 1. The van der Waals surface area contributed by atoms with Gasteiger partial charge in [0.05, 0.1) is 7.11 Å². The average Bonchev–Trinajstić information content (AvgIpc) is 3.27. The van der Waals surface area contributed by atoms with Gasteiger partial charge >= 0.3 is 0 Å². The Morgan fingerprint density at radius 2 is 2.03 bits per heavy atom. The van der Waals surface area contributed by atoms with Crippen LogP contribution in [-0.4, -0.2) is 43.8 Å². The molecular weight excluding hydrogens is 406 g/mol. The highest BCUT2D eigenvalue weighted by atomic mass is 16.5. The molecular formula is C23H29N7O2. The van der Waals surface area contributed by atoms with Gasteiger partial charge in [-0.25, -0.2) is 15.0 Å². The lowest BCUT2D eigenvalue weighted by Gasteiger charge is -2.25. The number of hydrogen-bond donors (Lipinski definition) is 2. The van der Waals surface area contributed by atoms with E-state index in [1.54, 1.807) is 26.4 Å². The largest absolute Gasteiger partial charge is 0.497 e. The van der Waals surface area contributed by atoms with E-state index in [0.29, 0.717) is 35.8 Å². The lowest BCUT2D eigenvalue weighted by atomic mass is 9.86. The quantitative estimate of drug-likeness (QED) is 0.585. The molecule has 0 bridgehead atoms. The van der Waals surface area contributed by atoms with Crippen molar-refractivity contribution in [3.63, 3.8) is 0 Å². The zero-order valence-corrected chi connectivity index (χ0v) is 18.5. The van der Waals surface area contributed by atoms with E-state index in [1.165, 1.54) is 0 Å². The second-order valence-electron chi connectivity index (χ2n) is 8.29. The van der Waals surface area contributed by atoms with Gasteiger partial charge in [-0.2, -0.15) is 0 Å². The van der Waals surface area contributed by atoms with Gasteiger partial charge < -0.3 is 15.8 Å². The molecule has 1 aromatic carbocycles. The maximum atomic E-state index is 12.7. The number of carbonyl (C=O) groups is 1. The first-order valence-electron chi connectivity index (χ1n) is 10.9. The number of hydrogen-bond acceptors (Lipinski definition) is 7. The molecule has 32 heavy (non-hydrogen) atoms. The van der Waals surface area contributed by atoms with Gasteiger partial charge in [0.15, 0.2) is 5.82 Å². The molecule has 0 spiro atoms. The number of nitrogens with zero attached hydrogens (tertiary/aromatic N) is 5. The van der Waals surface area contributed by atoms with Crippen molar-refractivity contribution >= 4 is 5.91 Å². The van der Waals surface area contributed by atoms with Crippen molar-refractivity contribution < 1.29 is 9.53 Å². The van der Waals surface area contributed by atoms with Crippen molar-refractivity contribution in [3.05, 3.63) is 53.7 Å². The van der Waals surface area contributed by atoms with Gasteiger partial charge in [-0.05, 0) is 62.3 Å². The molecule has 168 valence electrons. The highest BCUT2D eigenvalue weighted by Gasteiger charge is 2.20. The SMILES string of the molecule is COc1cccc(CNC(=O)c2cc(-c3ncn(CC4CCC(N)CC4)n3)nc(C)n2)c1. The Hall–Kier alpha value is -3.33. The molecule has 1 amide bonds. The van der Waals surface area contributed by atoms with Crippen LogP contribution < -0.4 is 15.8 Å². The van der Waals surface area contributed by atoms with E-state index in [4.69, 9.17) is 10.5 Å². The number of aromatic nitrogens is 5. The first kappa shape index (κ1) is 21.9. The molecule has 0 radical (unpaired) electrons. The molecule has 1 saturated carbocycles. The first-order chi connectivity index (χ1) is 15.5. The summed E-state index contributed by atoms with van der Waals surface area (Å²) in [5, 5.41) is 7.48. The molecule has 0 aliphatic heterocycles. The van der Waals surface area contributed by atoms with Crippen LogP contribution in [0.25, 0.3) is 11.5 Å². The number of nitrogens with one attached hydrogen (secondary N) is 1. The van der Waals surface area contributed by atoms with Crippen molar-refractivity contribution in [3.8, 4) is 17.3 Å². The second kappa shape index (κ2) is 9.86. The molecule has 1 aliphatic carbocycles. The van der Waals surface area contributed by atoms with Crippen molar-refractivity contribution in [2.75, 3.05) is 7.11 Å². The van der Waals surface area contributed by atoms with Crippen LogP contribution in [0.5, 0.6) is 5.75 Å². The molecule has 9 nitrogen and oxygen atoms in total. The van der Waals surface area contributed by atoms with Gasteiger partial charge in [-0.1, -0.05) is 12.1 Å². The normalized spacial score (nSPS) is 18.3. The Bertz CT molecular complexity index is 1070. The standard InChI is InChI=1S/C23H29N7O2/c1-15-27-20(22-26-14-30(29-22)13-16-6-8-18(24)9-7-16)11-21(28-15)23(31)25-12-17-4-3-5-19(10-17)32-2/h3-5,10-11,14,16,18H,6-9,12-13,24H2,1-2H3,(H,25,31). The number of benzene rings is 1. The fourth-order valence-corrected chi connectivity index (χ4v) is 3.99. The third kappa shape index (κ3) is 5.47. The average molecular weight is 436 g/mol. The van der Waals surface area contributed by atoms with Gasteiger partial charge in [0.25, 0.3) is 5.91 Å². The van der Waals surface area contributed by atoms with Gasteiger partial charge in [-0.3, -0.25) is 9.48 Å². The van der Waals surface area contributed by atoms with E-state index < -0.39 is 0 Å². The minimum absolute atomic E-state index is 0.280. The van der Waals surface area contributed by atoms with E-state index in [1.807, 2.05) is 28.9 Å². The zero-order chi connectivity index (χ0) is 22.5. The molecule has 3 N–H and O–H groups in total. The number of nitrogens with two attached hydrogens (primary N) is 1. The number of rotatable bonds is 7. The Balaban J connectivity index is 1.43. The molecule has 2 aromatic heterocycles. The molecule has 1 aliphatic rings. The lowest BCUT2D eigenvalue weighted by molar-refractivity contribution is 0.0945. The second-order valence-corrected chi connectivity index (χ2v) is 8.29. The van der Waals surface area contributed by atoms with Crippen LogP contribution in [0.2, 0.25) is 0 Å². The molecule has 2 heterocycles. The molecule has 3 aromatic rings. The summed E-state index contributed by atoms with van der Waals surface area (Å²) in [5.41, 5.74) is 7.76. The lowest BCUT2D eigenvalue weighted by Crippen LogP contribution is -2.28. The maximum Gasteiger partial charge on any atom is 0.270 e. The monoisotopic (exact) mass is 435 g/mol. The molecule has 9 heteroatoms. The summed E-state index contributed by atoms with van der Waals surface area (Å²) < 4.78 is 7.08. The first-order valence-corrected chi connectivity index (χ1v) is 10.9. The zero-order valence-electron chi connectivity index (χ0n) is 18.5. The van der Waals surface area contributed by atoms with E-state index in [2.05, 4.69) is 25.4 Å². The highest BCUT2D eigenvalue weighted by Crippen LogP contribution is 2.24. The van der Waals surface area contributed by atoms with Crippen LogP contribution in [0.15, 0.2) is 36.7 Å². The number of aryl methyl sites for hydroxylation is 1. The molecule has 0 unspecified atom stereocenters. The van der Waals surface area contributed by atoms with Crippen LogP contribution in [0.3, 0.4) is 0 Å². The van der Waals surface area contributed by atoms with E-state index in [9.17, 15) is 4.79 Å². The van der Waals surface area contributed by atoms with E-state index in [-0.39, 0.29) is 11.6 Å². The highest BCUT2D eigenvalue weighted by molar-refractivity contribution is 5.93. The van der Waals surface area contributed by atoms with Gasteiger partial charge in [0.2, 0.25) is 0 Å². The molecule has 4 rings (SSSR count). The van der Waals surface area contributed by atoms with Crippen LogP contribution >= 0.6 is 0 Å². The van der Waals surface area contributed by atoms with Crippen LogP contribution in [0, 0.1) is 12.8 Å². The van der Waals surface area contributed by atoms with Crippen LogP contribution in [-0.2, 0) is 13.1 Å². The van der Waals surface area contributed by atoms with Gasteiger partial charge in [0, 0.05) is 19.1 Å². The fraction of sp³-hybridized carbons (Fsp3) is 0.435. The summed E-state index contributed by atoms with van der Waals surface area (Å²) >= 11 is 0. The molecule has 1 fully saturated rings. The van der Waals surface area contributed by atoms with Gasteiger partial charge in [-0.15, -0.1) is 5.10 Å². The third-order valence-electron chi connectivity index (χ3n) is 5.76. The summed E-state index contributed by atoms with van der Waals surface area (Å²) in [7, 11) is 1.61. The predicted molar refractivity (Wildman–Crippen MR) is 120 cm³/mol. The topological polar surface area (TPSA) is 121 Å².